The summed E-state index contributed by atoms with van der Waals surface area (Å²) in [7, 11) is -0.743. The predicted octanol–water partition coefficient (Wildman–Crippen LogP) is 4.37. The number of ether oxygens (including phenoxy) is 2. The van der Waals surface area contributed by atoms with Crippen LogP contribution in [-0.2, 0) is 23.6 Å². The monoisotopic (exact) mass is 435 g/mol. The highest BCUT2D eigenvalue weighted by Crippen LogP contribution is 2.33. The Morgan fingerprint density at radius 1 is 1.17 bits per heavy atom. The molecule has 0 bridgehead atoms. The molecule has 2 unspecified atom stereocenters. The Morgan fingerprint density at radius 2 is 1.93 bits per heavy atom. The Kier molecular flexibility index (Phi) is 11.6. The third kappa shape index (κ3) is 8.88. The lowest BCUT2D eigenvalue weighted by Crippen LogP contribution is -2.16. The standard InChI is InChI=1S/C18H28O3S.C5H9N3/c1-3-4-5-6-7-8-11-22(19)15(2)12-16-9-10-17-18(13-16)21-14-20-17;6-2-1-5-3-7-4-8-5/h9-10,13,15H,3-8,11-12,14H2,1-2H3;3-4H,1-2,6H2,(H,7,8). The van der Waals surface area contributed by atoms with Gasteiger partial charge >= 0.3 is 0 Å². The molecule has 1 aliphatic heterocycles. The van der Waals surface area contributed by atoms with E-state index >= 15 is 0 Å². The Balaban J connectivity index is 0.000000335. The highest BCUT2D eigenvalue weighted by Gasteiger charge is 2.16. The van der Waals surface area contributed by atoms with E-state index in [-0.39, 0.29) is 5.25 Å². The molecule has 168 valence electrons. The fraction of sp³-hybridized carbons (Fsp3) is 0.609. The van der Waals surface area contributed by atoms with E-state index in [9.17, 15) is 4.21 Å². The molecule has 0 amide bonds. The highest BCUT2D eigenvalue weighted by atomic mass is 32.2. The number of H-pyrrole nitrogens is 1. The zero-order chi connectivity index (χ0) is 21.6. The molecule has 7 heteroatoms. The second-order valence-corrected chi connectivity index (χ2v) is 9.64. The largest absolute Gasteiger partial charge is 0.454 e. The molecule has 0 aliphatic carbocycles. The Bertz CT molecular complexity index is 737. The van der Waals surface area contributed by atoms with E-state index in [1.807, 2.05) is 18.2 Å². The van der Waals surface area contributed by atoms with Crippen LogP contribution in [0.25, 0.3) is 0 Å². The minimum atomic E-state index is -0.743. The zero-order valence-electron chi connectivity index (χ0n) is 18.4. The lowest BCUT2D eigenvalue weighted by molar-refractivity contribution is 0.174. The SMILES string of the molecule is CCCCCCCCS(=O)C(C)Cc1ccc2c(c1)OCO2.NCCc1cnc[nH]1. The maximum absolute atomic E-state index is 12.3. The van der Waals surface area contributed by atoms with E-state index in [0.29, 0.717) is 13.3 Å². The Hall–Kier alpha value is -1.86. The molecular weight excluding hydrogens is 398 g/mol. The molecule has 1 aliphatic rings. The van der Waals surface area contributed by atoms with Crippen LogP contribution in [0.15, 0.2) is 30.7 Å². The number of nitrogens with one attached hydrogen (secondary N) is 1. The quantitative estimate of drug-likeness (QED) is 0.483. The van der Waals surface area contributed by atoms with Gasteiger partial charge in [0.1, 0.15) is 0 Å². The number of unbranched alkanes of at least 4 members (excludes halogenated alkanes) is 5. The summed E-state index contributed by atoms with van der Waals surface area (Å²) in [5.41, 5.74) is 7.55. The van der Waals surface area contributed by atoms with Gasteiger partial charge in [-0.2, -0.15) is 0 Å². The number of aromatic nitrogens is 2. The van der Waals surface area contributed by atoms with Gasteiger partial charge in [-0.15, -0.1) is 0 Å². The summed E-state index contributed by atoms with van der Waals surface area (Å²) in [5, 5.41) is 0.191. The number of imidazole rings is 1. The molecule has 2 heterocycles. The van der Waals surface area contributed by atoms with Gasteiger partial charge in [-0.3, -0.25) is 4.21 Å². The van der Waals surface area contributed by atoms with Crippen LogP contribution in [-0.4, -0.2) is 38.5 Å². The van der Waals surface area contributed by atoms with Crippen molar-refractivity contribution >= 4 is 10.8 Å². The van der Waals surface area contributed by atoms with Gasteiger partial charge in [0.2, 0.25) is 6.79 Å². The maximum Gasteiger partial charge on any atom is 0.231 e. The number of nitrogens with two attached hydrogens (primary N) is 1. The lowest BCUT2D eigenvalue weighted by Gasteiger charge is -2.12. The van der Waals surface area contributed by atoms with Crippen LogP contribution in [0.4, 0.5) is 0 Å². The van der Waals surface area contributed by atoms with E-state index in [1.165, 1.54) is 37.7 Å². The first-order chi connectivity index (χ1) is 14.6. The predicted molar refractivity (Wildman–Crippen MR) is 123 cm³/mol. The molecule has 2 aromatic rings. The number of hydrogen-bond donors (Lipinski definition) is 2. The van der Waals surface area contributed by atoms with Crippen LogP contribution >= 0.6 is 0 Å². The minimum Gasteiger partial charge on any atom is -0.454 e. The van der Waals surface area contributed by atoms with E-state index in [1.54, 1.807) is 12.5 Å². The maximum atomic E-state index is 12.3. The van der Waals surface area contributed by atoms with E-state index in [2.05, 4.69) is 23.8 Å². The molecule has 3 rings (SSSR count). The van der Waals surface area contributed by atoms with Crippen molar-refractivity contribution in [2.45, 2.75) is 70.5 Å². The summed E-state index contributed by atoms with van der Waals surface area (Å²) in [5.74, 6) is 2.45. The molecule has 0 saturated heterocycles. The van der Waals surface area contributed by atoms with Crippen molar-refractivity contribution in [3.63, 3.8) is 0 Å². The van der Waals surface area contributed by atoms with Crippen molar-refractivity contribution in [1.29, 1.82) is 0 Å². The molecule has 6 nitrogen and oxygen atoms in total. The molecule has 0 spiro atoms. The fourth-order valence-electron chi connectivity index (χ4n) is 3.30. The van der Waals surface area contributed by atoms with Gasteiger partial charge in [-0.1, -0.05) is 52.0 Å². The number of fused-ring (bicyclic) bond motifs is 1. The van der Waals surface area contributed by atoms with Gasteiger partial charge < -0.3 is 20.2 Å². The van der Waals surface area contributed by atoms with Gasteiger partial charge in [-0.05, 0) is 37.1 Å². The number of aromatic amines is 1. The summed E-state index contributed by atoms with van der Waals surface area (Å²) in [6.07, 6.45) is 12.7. The molecular formula is C23H37N3O3S. The van der Waals surface area contributed by atoms with Crippen molar-refractivity contribution in [1.82, 2.24) is 9.97 Å². The average molecular weight is 436 g/mol. The number of benzene rings is 1. The van der Waals surface area contributed by atoms with Crippen molar-refractivity contribution in [2.75, 3.05) is 19.1 Å². The van der Waals surface area contributed by atoms with E-state index in [0.717, 1.165) is 42.2 Å². The number of hydrogen-bond acceptors (Lipinski definition) is 5. The van der Waals surface area contributed by atoms with Gasteiger partial charge in [-0.25, -0.2) is 4.98 Å². The summed E-state index contributed by atoms with van der Waals surface area (Å²) in [6, 6.07) is 6.01. The van der Waals surface area contributed by atoms with Gasteiger partial charge in [0.15, 0.2) is 11.5 Å². The first-order valence-corrected chi connectivity index (χ1v) is 12.4. The first-order valence-electron chi connectivity index (χ1n) is 11.1. The summed E-state index contributed by atoms with van der Waals surface area (Å²) in [4.78, 5) is 6.78. The number of rotatable bonds is 12. The van der Waals surface area contributed by atoms with Gasteiger partial charge in [0, 0.05) is 40.1 Å². The zero-order valence-corrected chi connectivity index (χ0v) is 19.2. The highest BCUT2D eigenvalue weighted by molar-refractivity contribution is 7.85. The smallest absolute Gasteiger partial charge is 0.231 e. The molecule has 0 saturated carbocycles. The first kappa shape index (κ1) is 24.4. The molecule has 3 N–H and O–H groups in total. The van der Waals surface area contributed by atoms with Crippen LogP contribution in [0.2, 0.25) is 0 Å². The lowest BCUT2D eigenvalue weighted by atomic mass is 10.1. The molecule has 1 aromatic carbocycles. The van der Waals surface area contributed by atoms with Crippen molar-refractivity contribution in [2.24, 2.45) is 5.73 Å². The Labute approximate surface area is 183 Å². The fourth-order valence-corrected chi connectivity index (χ4v) is 4.56. The van der Waals surface area contributed by atoms with Gasteiger partial charge in [0.05, 0.1) is 6.33 Å². The van der Waals surface area contributed by atoms with E-state index in [4.69, 9.17) is 15.2 Å². The van der Waals surface area contributed by atoms with E-state index < -0.39 is 10.8 Å². The van der Waals surface area contributed by atoms with Crippen LogP contribution in [0.5, 0.6) is 11.5 Å². The normalized spacial score (nSPS) is 14.1. The van der Waals surface area contributed by atoms with Crippen molar-refractivity contribution < 1.29 is 13.7 Å². The van der Waals surface area contributed by atoms with Crippen LogP contribution in [0.1, 0.15) is 63.6 Å². The van der Waals surface area contributed by atoms with Crippen LogP contribution < -0.4 is 15.2 Å². The third-order valence-corrected chi connectivity index (χ3v) is 6.83. The Morgan fingerprint density at radius 3 is 2.67 bits per heavy atom. The summed E-state index contributed by atoms with van der Waals surface area (Å²) >= 11 is 0. The second-order valence-electron chi connectivity index (χ2n) is 7.67. The van der Waals surface area contributed by atoms with Crippen molar-refractivity contribution in [3.05, 3.63) is 42.0 Å². The third-order valence-electron chi connectivity index (χ3n) is 5.08. The van der Waals surface area contributed by atoms with Crippen LogP contribution in [0.3, 0.4) is 0 Å². The van der Waals surface area contributed by atoms with Crippen LogP contribution in [0, 0.1) is 0 Å². The number of nitrogens with zero attached hydrogens (tertiary/aromatic N) is 1. The average Bonchev–Trinajstić information content (AvgIpc) is 3.42. The van der Waals surface area contributed by atoms with Crippen molar-refractivity contribution in [3.8, 4) is 11.5 Å². The molecule has 2 atom stereocenters. The second kappa shape index (κ2) is 14.2. The molecule has 0 radical (unpaired) electrons. The minimum absolute atomic E-state index is 0.191. The molecule has 30 heavy (non-hydrogen) atoms. The van der Waals surface area contributed by atoms with Gasteiger partial charge in [0.25, 0.3) is 0 Å². The summed E-state index contributed by atoms with van der Waals surface area (Å²) < 4.78 is 23.0. The summed E-state index contributed by atoms with van der Waals surface area (Å²) in [6.45, 7) is 5.30. The molecule has 0 fully saturated rings. The molecule has 1 aromatic heterocycles. The topological polar surface area (TPSA) is 90.2 Å².